The summed E-state index contributed by atoms with van der Waals surface area (Å²) in [4.78, 5) is 23.9. The van der Waals surface area contributed by atoms with E-state index in [9.17, 15) is 14.7 Å². The predicted molar refractivity (Wildman–Crippen MR) is 77.3 cm³/mol. The Bertz CT molecular complexity index is 505. The van der Waals surface area contributed by atoms with Crippen LogP contribution in [0.2, 0.25) is 0 Å². The van der Waals surface area contributed by atoms with Crippen LogP contribution in [0.5, 0.6) is 0 Å². The smallest absolute Gasteiger partial charge is 0.337 e. The van der Waals surface area contributed by atoms with Gasteiger partial charge in [-0.05, 0) is 24.6 Å². The van der Waals surface area contributed by atoms with Gasteiger partial charge >= 0.3 is 12.0 Å². The fraction of sp³-hybridized carbons (Fsp3) is 0.385. The highest BCUT2D eigenvalue weighted by Crippen LogP contribution is 2.13. The third-order valence-electron chi connectivity index (χ3n) is 2.70. The van der Waals surface area contributed by atoms with Crippen LogP contribution in [-0.2, 0) is 11.3 Å². The van der Waals surface area contributed by atoms with E-state index < -0.39 is 17.6 Å². The zero-order chi connectivity index (χ0) is 15.3. The van der Waals surface area contributed by atoms with Gasteiger partial charge in [0.15, 0.2) is 5.60 Å². The van der Waals surface area contributed by atoms with E-state index in [0.29, 0.717) is 6.54 Å². The first-order valence-electron chi connectivity index (χ1n) is 5.91. The number of urea groups is 1. The van der Waals surface area contributed by atoms with Crippen LogP contribution in [0.15, 0.2) is 28.7 Å². The van der Waals surface area contributed by atoms with Gasteiger partial charge in [-0.15, -0.1) is 0 Å². The van der Waals surface area contributed by atoms with Crippen LogP contribution in [0, 0.1) is 0 Å². The molecule has 1 rings (SSSR count). The van der Waals surface area contributed by atoms with Gasteiger partial charge in [0, 0.05) is 18.1 Å². The minimum atomic E-state index is -1.98. The molecule has 3 N–H and O–H groups in total. The van der Waals surface area contributed by atoms with Crippen LogP contribution in [0.4, 0.5) is 4.79 Å². The van der Waals surface area contributed by atoms with Crippen molar-refractivity contribution >= 4 is 27.9 Å². The number of benzene rings is 1. The third-order valence-corrected chi connectivity index (χ3v) is 3.19. The number of carboxylic acids is 1. The van der Waals surface area contributed by atoms with Gasteiger partial charge in [0.25, 0.3) is 0 Å². The number of carbonyl (C=O) groups excluding carboxylic acids is 1. The van der Waals surface area contributed by atoms with Crippen molar-refractivity contribution < 1.29 is 19.8 Å². The molecule has 0 fully saturated rings. The Morgan fingerprint density at radius 2 is 2.10 bits per heavy atom. The van der Waals surface area contributed by atoms with Gasteiger partial charge in [-0.3, -0.25) is 0 Å². The average Bonchev–Trinajstić information content (AvgIpc) is 2.35. The van der Waals surface area contributed by atoms with E-state index in [-0.39, 0.29) is 6.54 Å². The SMILES string of the molecule is CN(Cc1cccc(Br)c1)C(=O)NCC(C)(O)C(=O)O. The van der Waals surface area contributed by atoms with Gasteiger partial charge in [0.1, 0.15) is 0 Å². The molecule has 0 aliphatic rings. The fourth-order valence-corrected chi connectivity index (χ4v) is 1.89. The molecule has 2 amide bonds. The van der Waals surface area contributed by atoms with E-state index in [2.05, 4.69) is 21.2 Å². The topological polar surface area (TPSA) is 89.9 Å². The lowest BCUT2D eigenvalue weighted by Gasteiger charge is -2.22. The highest BCUT2D eigenvalue weighted by Gasteiger charge is 2.30. The van der Waals surface area contributed by atoms with Crippen molar-refractivity contribution in [1.82, 2.24) is 10.2 Å². The lowest BCUT2D eigenvalue weighted by molar-refractivity contribution is -0.155. The molecular formula is C13H17BrN2O4. The van der Waals surface area contributed by atoms with Crippen molar-refractivity contribution in [3.8, 4) is 0 Å². The number of nitrogens with zero attached hydrogens (tertiary/aromatic N) is 1. The van der Waals surface area contributed by atoms with Gasteiger partial charge in [0.2, 0.25) is 0 Å². The third kappa shape index (κ3) is 4.82. The number of hydrogen-bond donors (Lipinski definition) is 3. The highest BCUT2D eigenvalue weighted by atomic mass is 79.9. The van der Waals surface area contributed by atoms with Crippen LogP contribution in [-0.4, -0.2) is 46.3 Å². The molecule has 1 unspecified atom stereocenters. The summed E-state index contributed by atoms with van der Waals surface area (Å²) in [6.45, 7) is 1.15. The molecule has 110 valence electrons. The predicted octanol–water partition coefficient (Wildman–Crippen LogP) is 1.43. The second-order valence-corrected chi connectivity index (χ2v) is 5.64. The number of halogens is 1. The number of hydrogen-bond acceptors (Lipinski definition) is 3. The van der Waals surface area contributed by atoms with E-state index in [1.165, 1.54) is 4.90 Å². The van der Waals surface area contributed by atoms with Crippen molar-refractivity contribution in [1.29, 1.82) is 0 Å². The molecule has 0 saturated heterocycles. The molecule has 0 bridgehead atoms. The monoisotopic (exact) mass is 344 g/mol. The van der Waals surface area contributed by atoms with Gasteiger partial charge in [-0.25, -0.2) is 9.59 Å². The van der Waals surface area contributed by atoms with E-state index in [1.54, 1.807) is 7.05 Å². The van der Waals surface area contributed by atoms with Crippen LogP contribution in [0.25, 0.3) is 0 Å². The maximum Gasteiger partial charge on any atom is 0.337 e. The number of rotatable bonds is 5. The normalized spacial score (nSPS) is 13.4. The van der Waals surface area contributed by atoms with Gasteiger partial charge in [0.05, 0.1) is 6.54 Å². The molecule has 20 heavy (non-hydrogen) atoms. The van der Waals surface area contributed by atoms with E-state index in [1.807, 2.05) is 24.3 Å². The minimum absolute atomic E-state index is 0.357. The van der Waals surface area contributed by atoms with Crippen LogP contribution in [0.1, 0.15) is 12.5 Å². The summed E-state index contributed by atoms with van der Waals surface area (Å²) in [6, 6.07) is 7.05. The Balaban J connectivity index is 2.54. The lowest BCUT2D eigenvalue weighted by Crippen LogP contribution is -2.49. The maximum absolute atomic E-state index is 11.8. The van der Waals surface area contributed by atoms with Gasteiger partial charge in [-0.2, -0.15) is 0 Å². The second-order valence-electron chi connectivity index (χ2n) is 4.72. The molecule has 6 nitrogen and oxygen atoms in total. The van der Waals surface area contributed by atoms with Crippen molar-refractivity contribution in [2.75, 3.05) is 13.6 Å². The quantitative estimate of drug-likeness (QED) is 0.753. The number of nitrogens with one attached hydrogen (secondary N) is 1. The summed E-state index contributed by atoms with van der Waals surface area (Å²) in [6.07, 6.45) is 0. The van der Waals surface area contributed by atoms with Crippen molar-refractivity contribution in [2.24, 2.45) is 0 Å². The first kappa shape index (κ1) is 16.5. The Labute approximate surface area is 125 Å². The summed E-state index contributed by atoms with van der Waals surface area (Å²) in [7, 11) is 1.59. The standard InChI is InChI=1S/C13H17BrN2O4/c1-13(20,11(17)18)8-15-12(19)16(2)7-9-4-3-5-10(14)6-9/h3-6,20H,7-8H2,1-2H3,(H,15,19)(H,17,18). The summed E-state index contributed by atoms with van der Waals surface area (Å²) in [5.74, 6) is -1.38. The highest BCUT2D eigenvalue weighted by molar-refractivity contribution is 9.10. The van der Waals surface area contributed by atoms with E-state index in [0.717, 1.165) is 17.0 Å². The van der Waals surface area contributed by atoms with Crippen molar-refractivity contribution in [3.63, 3.8) is 0 Å². The molecule has 1 aromatic rings. The fourth-order valence-electron chi connectivity index (χ4n) is 1.44. The number of aliphatic hydroxyl groups is 1. The first-order chi connectivity index (χ1) is 9.22. The zero-order valence-corrected chi connectivity index (χ0v) is 12.8. The molecule has 0 aliphatic carbocycles. The Kier molecular flexibility index (Phi) is 5.52. The summed E-state index contributed by atoms with van der Waals surface area (Å²) in [5, 5.41) is 20.6. The molecular weight excluding hydrogens is 328 g/mol. The molecule has 0 saturated carbocycles. The van der Waals surface area contributed by atoms with Crippen molar-refractivity contribution in [2.45, 2.75) is 19.1 Å². The first-order valence-corrected chi connectivity index (χ1v) is 6.71. The summed E-state index contributed by atoms with van der Waals surface area (Å²) >= 11 is 3.34. The minimum Gasteiger partial charge on any atom is -0.479 e. The Hall–Kier alpha value is -1.60. The molecule has 0 radical (unpaired) electrons. The van der Waals surface area contributed by atoms with E-state index in [4.69, 9.17) is 5.11 Å². The molecule has 0 heterocycles. The van der Waals surface area contributed by atoms with Crippen LogP contribution in [0.3, 0.4) is 0 Å². The van der Waals surface area contributed by atoms with Crippen molar-refractivity contribution in [3.05, 3.63) is 34.3 Å². The Morgan fingerprint density at radius 1 is 1.45 bits per heavy atom. The average molecular weight is 345 g/mol. The largest absolute Gasteiger partial charge is 0.479 e. The molecule has 7 heteroatoms. The molecule has 0 aromatic heterocycles. The molecule has 1 aromatic carbocycles. The van der Waals surface area contributed by atoms with Crippen LogP contribution >= 0.6 is 15.9 Å². The molecule has 1 atom stereocenters. The molecule has 0 aliphatic heterocycles. The van der Waals surface area contributed by atoms with Gasteiger partial charge in [-0.1, -0.05) is 28.1 Å². The number of carbonyl (C=O) groups is 2. The molecule has 0 spiro atoms. The van der Waals surface area contributed by atoms with Gasteiger partial charge < -0.3 is 20.4 Å². The van der Waals surface area contributed by atoms with E-state index >= 15 is 0 Å². The number of carboxylic acid groups (broad SMARTS) is 1. The summed E-state index contributed by atoms with van der Waals surface area (Å²) in [5.41, 5.74) is -1.05. The van der Waals surface area contributed by atoms with Crippen LogP contribution < -0.4 is 5.32 Å². The number of amides is 2. The maximum atomic E-state index is 11.8. The lowest BCUT2D eigenvalue weighted by atomic mass is 10.1. The number of aliphatic carboxylic acids is 1. The zero-order valence-electron chi connectivity index (χ0n) is 11.3. The Morgan fingerprint density at radius 3 is 2.65 bits per heavy atom. The summed E-state index contributed by atoms with van der Waals surface area (Å²) < 4.78 is 0.914. The second kappa shape index (κ2) is 6.71.